The predicted octanol–water partition coefficient (Wildman–Crippen LogP) is 4.64. The summed E-state index contributed by atoms with van der Waals surface area (Å²) < 4.78 is 7.10. The fraction of sp³-hybridized carbons (Fsp3) is 0.235. The summed E-state index contributed by atoms with van der Waals surface area (Å²) in [6.45, 7) is 1.97. The maximum Gasteiger partial charge on any atom is 0.224 e. The van der Waals surface area contributed by atoms with Gasteiger partial charge in [0.1, 0.15) is 5.75 Å². The number of halogens is 2. The van der Waals surface area contributed by atoms with Crippen molar-refractivity contribution in [3.05, 3.63) is 62.5 Å². The minimum absolute atomic E-state index is 0.00163. The lowest BCUT2D eigenvalue weighted by molar-refractivity contribution is -0.121. The largest absolute Gasteiger partial charge is 0.496 e. The molecule has 0 aliphatic rings. The smallest absolute Gasteiger partial charge is 0.224 e. The zero-order valence-corrected chi connectivity index (χ0v) is 15.6. The summed E-state index contributed by atoms with van der Waals surface area (Å²) in [7, 11) is 1.63. The van der Waals surface area contributed by atoms with Crippen LogP contribution in [-0.2, 0) is 11.2 Å². The molecule has 2 aromatic carbocycles. The summed E-state index contributed by atoms with van der Waals surface area (Å²) in [5.74, 6) is 0.777. The van der Waals surface area contributed by atoms with Crippen molar-refractivity contribution in [1.82, 2.24) is 5.32 Å². The highest BCUT2D eigenvalue weighted by molar-refractivity contribution is 9.10. The highest BCUT2D eigenvalue weighted by Gasteiger charge is 2.12. The van der Waals surface area contributed by atoms with Gasteiger partial charge in [0.15, 0.2) is 0 Å². The van der Waals surface area contributed by atoms with Gasteiger partial charge in [-0.3, -0.25) is 4.79 Å². The quantitative estimate of drug-likeness (QED) is 0.756. The first-order chi connectivity index (χ1) is 10.5. The van der Waals surface area contributed by atoms with Gasteiger partial charge in [-0.1, -0.05) is 34.1 Å². The number of amides is 1. The van der Waals surface area contributed by atoms with E-state index in [1.54, 1.807) is 7.11 Å². The summed E-state index contributed by atoms with van der Waals surface area (Å²) in [6, 6.07) is 13.5. The first-order valence-electron chi connectivity index (χ1n) is 6.87. The Morgan fingerprint density at radius 3 is 2.45 bits per heavy atom. The van der Waals surface area contributed by atoms with Crippen LogP contribution in [0.5, 0.6) is 5.75 Å². The Bertz CT molecular complexity index is 656. The van der Waals surface area contributed by atoms with E-state index >= 15 is 0 Å². The molecule has 0 aromatic heterocycles. The van der Waals surface area contributed by atoms with Crippen LogP contribution in [0.1, 0.15) is 24.1 Å². The van der Waals surface area contributed by atoms with Crippen molar-refractivity contribution >= 4 is 37.8 Å². The second-order valence-corrected chi connectivity index (χ2v) is 6.76. The van der Waals surface area contributed by atoms with Gasteiger partial charge in [-0.05, 0) is 58.2 Å². The van der Waals surface area contributed by atoms with E-state index in [1.807, 2.05) is 49.4 Å². The molecule has 0 radical (unpaired) electrons. The molecule has 0 heterocycles. The molecule has 22 heavy (non-hydrogen) atoms. The van der Waals surface area contributed by atoms with E-state index in [2.05, 4.69) is 37.2 Å². The minimum atomic E-state index is -0.0647. The van der Waals surface area contributed by atoms with Gasteiger partial charge in [0.25, 0.3) is 0 Å². The van der Waals surface area contributed by atoms with E-state index in [-0.39, 0.29) is 11.9 Å². The summed E-state index contributed by atoms with van der Waals surface area (Å²) >= 11 is 6.85. The molecule has 0 fully saturated rings. The summed E-state index contributed by atoms with van der Waals surface area (Å²) in [6.07, 6.45) is 0.370. The molecule has 116 valence electrons. The van der Waals surface area contributed by atoms with E-state index in [9.17, 15) is 4.79 Å². The number of benzene rings is 2. The molecule has 1 atom stereocenters. The summed E-state index contributed by atoms with van der Waals surface area (Å²) in [4.78, 5) is 12.1. The maximum absolute atomic E-state index is 12.1. The average molecular weight is 427 g/mol. The van der Waals surface area contributed by atoms with Crippen molar-refractivity contribution in [2.45, 2.75) is 19.4 Å². The van der Waals surface area contributed by atoms with Gasteiger partial charge in [-0.25, -0.2) is 0 Å². The van der Waals surface area contributed by atoms with Crippen LogP contribution in [-0.4, -0.2) is 13.0 Å². The van der Waals surface area contributed by atoms with E-state index in [4.69, 9.17) is 4.74 Å². The molecule has 0 spiro atoms. The van der Waals surface area contributed by atoms with Gasteiger partial charge >= 0.3 is 0 Å². The predicted molar refractivity (Wildman–Crippen MR) is 95.1 cm³/mol. The molecule has 2 aromatic rings. The monoisotopic (exact) mass is 425 g/mol. The SMILES string of the molecule is COc1ccc(C(C)NC(=O)Cc2ccc(Br)cc2)cc1Br. The Labute approximate surface area is 147 Å². The molecule has 0 aliphatic heterocycles. The van der Waals surface area contributed by atoms with Crippen molar-refractivity contribution < 1.29 is 9.53 Å². The van der Waals surface area contributed by atoms with Crippen LogP contribution in [0, 0.1) is 0 Å². The zero-order chi connectivity index (χ0) is 16.1. The van der Waals surface area contributed by atoms with Crippen LogP contribution >= 0.6 is 31.9 Å². The highest BCUT2D eigenvalue weighted by Crippen LogP contribution is 2.28. The Balaban J connectivity index is 1.98. The second-order valence-electron chi connectivity index (χ2n) is 4.99. The molecule has 0 bridgehead atoms. The van der Waals surface area contributed by atoms with Gasteiger partial charge in [-0.2, -0.15) is 0 Å². The van der Waals surface area contributed by atoms with Crippen LogP contribution in [0.4, 0.5) is 0 Å². The lowest BCUT2D eigenvalue weighted by atomic mass is 10.1. The molecule has 0 saturated carbocycles. The number of hydrogen-bond acceptors (Lipinski definition) is 2. The Kier molecular flexibility index (Phi) is 6.03. The number of carbonyl (C=O) groups is 1. The zero-order valence-electron chi connectivity index (χ0n) is 12.4. The van der Waals surface area contributed by atoms with E-state index < -0.39 is 0 Å². The molecule has 1 unspecified atom stereocenters. The van der Waals surface area contributed by atoms with Gasteiger partial charge in [0.2, 0.25) is 5.91 Å². The molecular weight excluding hydrogens is 410 g/mol. The number of methoxy groups -OCH3 is 1. The first kappa shape index (κ1) is 17.0. The summed E-state index contributed by atoms with van der Waals surface area (Å²) in [5, 5.41) is 3.01. The van der Waals surface area contributed by atoms with E-state index in [1.165, 1.54) is 0 Å². The third-order valence-corrected chi connectivity index (χ3v) is 4.48. The van der Waals surface area contributed by atoms with Crippen LogP contribution in [0.2, 0.25) is 0 Å². The fourth-order valence-electron chi connectivity index (χ4n) is 2.12. The Morgan fingerprint density at radius 2 is 1.86 bits per heavy atom. The van der Waals surface area contributed by atoms with Gasteiger partial charge in [-0.15, -0.1) is 0 Å². The third kappa shape index (κ3) is 4.58. The van der Waals surface area contributed by atoms with Crippen LogP contribution in [0.3, 0.4) is 0 Å². The number of nitrogens with one attached hydrogen (secondary N) is 1. The van der Waals surface area contributed by atoms with Crippen molar-refractivity contribution in [3.63, 3.8) is 0 Å². The van der Waals surface area contributed by atoms with Crippen molar-refractivity contribution in [1.29, 1.82) is 0 Å². The lowest BCUT2D eigenvalue weighted by Gasteiger charge is -2.16. The first-order valence-corrected chi connectivity index (χ1v) is 8.45. The topological polar surface area (TPSA) is 38.3 Å². The molecule has 0 aliphatic carbocycles. The third-order valence-electron chi connectivity index (χ3n) is 3.33. The number of carbonyl (C=O) groups excluding carboxylic acids is 1. The van der Waals surface area contributed by atoms with Crippen LogP contribution in [0.25, 0.3) is 0 Å². The molecule has 0 saturated heterocycles. The Hall–Kier alpha value is -1.33. The van der Waals surface area contributed by atoms with E-state index in [0.29, 0.717) is 6.42 Å². The standard InChI is InChI=1S/C17H17Br2NO2/c1-11(13-5-8-16(22-2)15(19)10-13)20-17(21)9-12-3-6-14(18)7-4-12/h3-8,10-11H,9H2,1-2H3,(H,20,21). The molecule has 1 N–H and O–H groups in total. The lowest BCUT2D eigenvalue weighted by Crippen LogP contribution is -2.28. The molecule has 1 amide bonds. The number of rotatable bonds is 5. The maximum atomic E-state index is 12.1. The minimum Gasteiger partial charge on any atom is -0.496 e. The number of hydrogen-bond donors (Lipinski definition) is 1. The van der Waals surface area contributed by atoms with Crippen molar-refractivity contribution in [2.75, 3.05) is 7.11 Å². The normalized spacial score (nSPS) is 11.8. The van der Waals surface area contributed by atoms with Gasteiger partial charge in [0, 0.05) is 4.47 Å². The highest BCUT2D eigenvalue weighted by atomic mass is 79.9. The van der Waals surface area contributed by atoms with Crippen molar-refractivity contribution in [2.24, 2.45) is 0 Å². The molecule has 3 nitrogen and oxygen atoms in total. The van der Waals surface area contributed by atoms with E-state index in [0.717, 1.165) is 25.8 Å². The Morgan fingerprint density at radius 1 is 1.18 bits per heavy atom. The summed E-state index contributed by atoms with van der Waals surface area (Å²) in [5.41, 5.74) is 2.01. The van der Waals surface area contributed by atoms with Crippen LogP contribution < -0.4 is 10.1 Å². The molecule has 5 heteroatoms. The van der Waals surface area contributed by atoms with Gasteiger partial charge in [0.05, 0.1) is 24.0 Å². The number of ether oxygens (including phenoxy) is 1. The van der Waals surface area contributed by atoms with Crippen LogP contribution in [0.15, 0.2) is 51.4 Å². The molecule has 2 rings (SSSR count). The average Bonchev–Trinajstić information content (AvgIpc) is 2.49. The van der Waals surface area contributed by atoms with Gasteiger partial charge < -0.3 is 10.1 Å². The fourth-order valence-corrected chi connectivity index (χ4v) is 2.94. The van der Waals surface area contributed by atoms with Crippen molar-refractivity contribution in [3.8, 4) is 5.75 Å². The molecular formula is C17H17Br2NO2. The second kappa shape index (κ2) is 7.79.